The van der Waals surface area contributed by atoms with Crippen LogP contribution in [0.2, 0.25) is 0 Å². The van der Waals surface area contributed by atoms with E-state index < -0.39 is 38.0 Å². The fourth-order valence-corrected chi connectivity index (χ4v) is 4.84. The predicted octanol–water partition coefficient (Wildman–Crippen LogP) is 3.36. The highest BCUT2D eigenvalue weighted by atomic mass is 32.2. The average Bonchev–Trinajstić information content (AvgIpc) is 2.73. The van der Waals surface area contributed by atoms with Gasteiger partial charge in [0.2, 0.25) is 15.7 Å². The van der Waals surface area contributed by atoms with Gasteiger partial charge in [0.05, 0.1) is 14.7 Å². The Labute approximate surface area is 169 Å². The van der Waals surface area contributed by atoms with Crippen molar-refractivity contribution in [3.63, 3.8) is 0 Å². The van der Waals surface area contributed by atoms with Crippen LogP contribution in [0.15, 0.2) is 70.5 Å². The molecule has 150 valence electrons. The number of fused-ring (bicyclic) bond motifs is 2. The van der Waals surface area contributed by atoms with E-state index in [-0.39, 0.29) is 32.2 Å². The minimum Gasteiger partial charge on any atom is -0.322 e. The molecule has 1 amide bonds. The number of hydrogen-bond donors (Lipinski definition) is 1. The molecule has 3 aromatic carbocycles. The van der Waals surface area contributed by atoms with Gasteiger partial charge in [-0.3, -0.25) is 19.7 Å². The van der Waals surface area contributed by atoms with E-state index >= 15 is 0 Å². The molecule has 0 spiro atoms. The van der Waals surface area contributed by atoms with Crippen molar-refractivity contribution in [2.45, 2.75) is 9.79 Å². The molecule has 0 atom stereocenters. The summed E-state index contributed by atoms with van der Waals surface area (Å²) in [6.45, 7) is 0. The number of amides is 1. The molecule has 1 aliphatic rings. The molecule has 8 nitrogen and oxygen atoms in total. The van der Waals surface area contributed by atoms with Crippen LogP contribution in [-0.2, 0) is 9.84 Å². The first-order chi connectivity index (χ1) is 14.2. The summed E-state index contributed by atoms with van der Waals surface area (Å²) in [6.07, 6.45) is 0. The number of nitrogens with one attached hydrogen (secondary N) is 1. The molecule has 1 N–H and O–H groups in total. The third kappa shape index (κ3) is 3.03. The molecular formula is C20H11FN2O6S. The van der Waals surface area contributed by atoms with Crippen LogP contribution in [0.3, 0.4) is 0 Å². The van der Waals surface area contributed by atoms with Crippen molar-refractivity contribution in [1.82, 2.24) is 0 Å². The van der Waals surface area contributed by atoms with E-state index in [2.05, 4.69) is 5.32 Å². The number of anilines is 1. The maximum Gasteiger partial charge on any atom is 0.306 e. The van der Waals surface area contributed by atoms with Crippen LogP contribution >= 0.6 is 0 Å². The lowest BCUT2D eigenvalue weighted by atomic mass is 10.0. The number of ketones is 1. The molecule has 3 aromatic rings. The van der Waals surface area contributed by atoms with Gasteiger partial charge in [0, 0.05) is 28.4 Å². The van der Waals surface area contributed by atoms with Gasteiger partial charge in [-0.05, 0) is 42.5 Å². The summed E-state index contributed by atoms with van der Waals surface area (Å²) in [4.78, 5) is 34.7. The number of carbonyl (C=O) groups is 2. The van der Waals surface area contributed by atoms with E-state index in [0.717, 1.165) is 24.3 Å². The van der Waals surface area contributed by atoms with E-state index in [4.69, 9.17) is 0 Å². The average molecular weight is 426 g/mol. The van der Waals surface area contributed by atoms with E-state index in [1.165, 1.54) is 30.3 Å². The van der Waals surface area contributed by atoms with Gasteiger partial charge in [-0.2, -0.15) is 4.39 Å². The number of halogens is 1. The Bertz CT molecular complexity index is 1370. The second kappa shape index (κ2) is 6.85. The molecule has 30 heavy (non-hydrogen) atoms. The predicted molar refractivity (Wildman–Crippen MR) is 103 cm³/mol. The van der Waals surface area contributed by atoms with Gasteiger partial charge >= 0.3 is 5.69 Å². The van der Waals surface area contributed by atoms with E-state index in [0.29, 0.717) is 0 Å². The highest BCUT2D eigenvalue weighted by molar-refractivity contribution is 7.91. The topological polar surface area (TPSA) is 123 Å². The summed E-state index contributed by atoms with van der Waals surface area (Å²) < 4.78 is 39.3. The Morgan fingerprint density at radius 2 is 1.67 bits per heavy atom. The number of rotatable bonds is 3. The number of nitro groups is 1. The molecule has 0 bridgehead atoms. The monoisotopic (exact) mass is 426 g/mol. The number of hydrogen-bond acceptors (Lipinski definition) is 6. The smallest absolute Gasteiger partial charge is 0.306 e. The first kappa shape index (κ1) is 19.4. The van der Waals surface area contributed by atoms with Gasteiger partial charge in [-0.1, -0.05) is 12.1 Å². The minimum atomic E-state index is -4.03. The van der Waals surface area contributed by atoms with Crippen LogP contribution in [0.4, 0.5) is 15.8 Å². The molecule has 0 aliphatic carbocycles. The van der Waals surface area contributed by atoms with Crippen molar-refractivity contribution >= 4 is 32.9 Å². The third-order valence-corrected chi connectivity index (χ3v) is 6.45. The summed E-state index contributed by atoms with van der Waals surface area (Å²) in [6, 6.07) is 12.2. The Kier molecular flexibility index (Phi) is 4.43. The Morgan fingerprint density at radius 1 is 0.967 bits per heavy atom. The number of nitro benzene ring substituents is 1. The Morgan fingerprint density at radius 3 is 2.40 bits per heavy atom. The molecule has 1 heterocycles. The number of sulfone groups is 1. The quantitative estimate of drug-likeness (QED) is 0.396. The maximum atomic E-state index is 13.5. The van der Waals surface area contributed by atoms with Gasteiger partial charge in [0.15, 0.2) is 5.78 Å². The summed E-state index contributed by atoms with van der Waals surface area (Å²) in [5, 5.41) is 13.2. The van der Waals surface area contributed by atoms with Gasteiger partial charge in [0.25, 0.3) is 5.91 Å². The van der Waals surface area contributed by atoms with Crippen molar-refractivity contribution in [1.29, 1.82) is 0 Å². The Balaban J connectivity index is 1.72. The lowest BCUT2D eigenvalue weighted by molar-refractivity contribution is -0.387. The third-order valence-electron chi connectivity index (χ3n) is 4.60. The molecule has 4 rings (SSSR count). The van der Waals surface area contributed by atoms with Crippen LogP contribution in [0.25, 0.3) is 0 Å². The van der Waals surface area contributed by atoms with Gasteiger partial charge in [-0.25, -0.2) is 8.42 Å². The van der Waals surface area contributed by atoms with Crippen LogP contribution in [0.5, 0.6) is 0 Å². The first-order valence-electron chi connectivity index (χ1n) is 8.48. The van der Waals surface area contributed by atoms with Crippen molar-refractivity contribution in [2.75, 3.05) is 5.32 Å². The second-order valence-electron chi connectivity index (χ2n) is 6.42. The molecule has 0 fully saturated rings. The fraction of sp³-hybridized carbons (Fsp3) is 0. The summed E-state index contributed by atoms with van der Waals surface area (Å²) >= 11 is 0. The van der Waals surface area contributed by atoms with Gasteiger partial charge < -0.3 is 5.32 Å². The second-order valence-corrected chi connectivity index (χ2v) is 8.30. The molecular weight excluding hydrogens is 415 g/mol. The van der Waals surface area contributed by atoms with Crippen molar-refractivity contribution in [3.05, 3.63) is 93.3 Å². The zero-order chi connectivity index (χ0) is 21.6. The van der Waals surface area contributed by atoms with Crippen LogP contribution in [0.1, 0.15) is 26.3 Å². The van der Waals surface area contributed by atoms with Crippen molar-refractivity contribution < 1.29 is 27.3 Å². The number of nitrogens with zero attached hydrogens (tertiary/aromatic N) is 1. The molecule has 0 unspecified atom stereocenters. The van der Waals surface area contributed by atoms with Gasteiger partial charge in [0.1, 0.15) is 0 Å². The Hall–Kier alpha value is -3.92. The highest BCUT2D eigenvalue weighted by Crippen LogP contribution is 2.35. The van der Waals surface area contributed by atoms with Crippen molar-refractivity contribution in [2.24, 2.45) is 0 Å². The highest BCUT2D eigenvalue weighted by Gasteiger charge is 2.35. The first-order valence-corrected chi connectivity index (χ1v) is 9.96. The summed E-state index contributed by atoms with van der Waals surface area (Å²) in [5.74, 6) is -2.31. The number of carbonyl (C=O) groups excluding carboxylic acids is 2. The molecule has 0 aromatic heterocycles. The van der Waals surface area contributed by atoms with Crippen LogP contribution in [0, 0.1) is 15.9 Å². The fourth-order valence-electron chi connectivity index (χ4n) is 3.16. The normalized spacial score (nSPS) is 13.8. The maximum absolute atomic E-state index is 13.5. The van der Waals surface area contributed by atoms with Crippen molar-refractivity contribution in [3.8, 4) is 0 Å². The van der Waals surface area contributed by atoms with E-state index in [1.807, 2.05) is 0 Å². The zero-order valence-electron chi connectivity index (χ0n) is 15.0. The lowest BCUT2D eigenvalue weighted by Gasteiger charge is -2.19. The van der Waals surface area contributed by atoms with Crippen LogP contribution in [-0.4, -0.2) is 25.0 Å². The lowest BCUT2D eigenvalue weighted by Crippen LogP contribution is -2.21. The summed E-state index contributed by atoms with van der Waals surface area (Å²) in [7, 11) is -4.03. The molecule has 0 radical (unpaired) electrons. The molecule has 0 saturated heterocycles. The molecule has 10 heteroatoms. The van der Waals surface area contributed by atoms with E-state index in [9.17, 15) is 32.5 Å². The molecule has 1 aliphatic heterocycles. The van der Waals surface area contributed by atoms with Gasteiger partial charge in [-0.15, -0.1) is 0 Å². The minimum absolute atomic E-state index is 0.0462. The zero-order valence-corrected chi connectivity index (χ0v) is 15.8. The standard InChI is InChI=1S/C20H11FN2O6S/c21-15-8-6-12(10-16(15)23(26)27)22-20(25)11-5-7-14-18(9-11)30(28,29)17-4-2-1-3-13(17)19(14)24/h1-10H,(H,22,25). The van der Waals surface area contributed by atoms with E-state index in [1.54, 1.807) is 6.07 Å². The molecule has 0 saturated carbocycles. The number of benzene rings is 3. The summed E-state index contributed by atoms with van der Waals surface area (Å²) in [5.41, 5.74) is -0.946. The SMILES string of the molecule is O=C(Nc1ccc(F)c([N+](=O)[O-])c1)c1ccc2c(c1)S(=O)(=O)c1ccccc1C2=O. The largest absolute Gasteiger partial charge is 0.322 e. The van der Waals surface area contributed by atoms with Crippen LogP contribution < -0.4 is 5.32 Å².